The number of hydrogen-bond donors (Lipinski definition) is 1. The van der Waals surface area contributed by atoms with Crippen LogP contribution < -0.4 is 9.47 Å². The molecule has 0 heterocycles. The maximum Gasteiger partial charge on any atom is 0.164 e. The number of aldehydes is 1. The summed E-state index contributed by atoms with van der Waals surface area (Å²) >= 11 is 0. The van der Waals surface area contributed by atoms with Crippen molar-refractivity contribution in [1.82, 2.24) is 0 Å². The number of allylic oxidation sites excluding steroid dienone is 2. The molecular formula is C13H16O4. The molecule has 1 aromatic rings. The van der Waals surface area contributed by atoms with Crippen molar-refractivity contribution >= 4 is 6.29 Å². The van der Waals surface area contributed by atoms with Gasteiger partial charge in [-0.05, 0) is 25.5 Å². The number of benzene rings is 1. The Morgan fingerprint density at radius 3 is 2.41 bits per heavy atom. The zero-order valence-electron chi connectivity index (χ0n) is 10.2. The normalized spacial score (nSPS) is 11.1. The van der Waals surface area contributed by atoms with Gasteiger partial charge in [-0.25, -0.2) is 0 Å². The van der Waals surface area contributed by atoms with Gasteiger partial charge in [0.05, 0.1) is 14.2 Å². The standard InChI is InChI=1S/C13H16O4/c1-9(4-5-14)6-10-7-12(16-2)13(17-3)8-11(10)15/h4-5,7-8,15H,6H2,1-3H3. The molecule has 4 nitrogen and oxygen atoms in total. The van der Waals surface area contributed by atoms with Gasteiger partial charge in [-0.2, -0.15) is 0 Å². The molecule has 17 heavy (non-hydrogen) atoms. The van der Waals surface area contributed by atoms with Gasteiger partial charge >= 0.3 is 0 Å². The van der Waals surface area contributed by atoms with Crippen molar-refractivity contribution < 1.29 is 19.4 Å². The van der Waals surface area contributed by atoms with E-state index in [4.69, 9.17) is 9.47 Å². The Morgan fingerprint density at radius 2 is 1.88 bits per heavy atom. The second kappa shape index (κ2) is 5.94. The molecule has 92 valence electrons. The van der Waals surface area contributed by atoms with Gasteiger partial charge in [-0.3, -0.25) is 4.79 Å². The van der Waals surface area contributed by atoms with Gasteiger partial charge in [-0.1, -0.05) is 5.57 Å². The van der Waals surface area contributed by atoms with Crippen LogP contribution in [-0.2, 0) is 11.2 Å². The average molecular weight is 236 g/mol. The van der Waals surface area contributed by atoms with Gasteiger partial charge in [0, 0.05) is 11.6 Å². The largest absolute Gasteiger partial charge is 0.508 e. The van der Waals surface area contributed by atoms with Crippen molar-refractivity contribution in [3.63, 3.8) is 0 Å². The lowest BCUT2D eigenvalue weighted by atomic mass is 10.0. The van der Waals surface area contributed by atoms with Crippen LogP contribution in [-0.4, -0.2) is 25.6 Å². The van der Waals surface area contributed by atoms with E-state index >= 15 is 0 Å². The van der Waals surface area contributed by atoms with Crippen molar-refractivity contribution in [1.29, 1.82) is 0 Å². The molecule has 1 N–H and O–H groups in total. The second-order valence-electron chi connectivity index (χ2n) is 3.66. The van der Waals surface area contributed by atoms with Gasteiger partial charge in [0.15, 0.2) is 11.5 Å². The predicted molar refractivity (Wildman–Crippen MR) is 64.7 cm³/mol. The fourth-order valence-corrected chi connectivity index (χ4v) is 1.53. The van der Waals surface area contributed by atoms with E-state index in [1.807, 2.05) is 6.92 Å². The average Bonchev–Trinajstić information content (AvgIpc) is 2.31. The third-order valence-electron chi connectivity index (χ3n) is 2.41. The summed E-state index contributed by atoms with van der Waals surface area (Å²) in [6.45, 7) is 1.82. The summed E-state index contributed by atoms with van der Waals surface area (Å²) in [6.07, 6.45) is 2.69. The highest BCUT2D eigenvalue weighted by Crippen LogP contribution is 2.34. The monoisotopic (exact) mass is 236 g/mol. The number of phenolic OH excluding ortho intramolecular Hbond substituents is 1. The third-order valence-corrected chi connectivity index (χ3v) is 2.41. The first kappa shape index (κ1) is 13.1. The molecule has 0 aliphatic carbocycles. The first-order chi connectivity index (χ1) is 8.12. The molecule has 0 saturated carbocycles. The fraction of sp³-hybridized carbons (Fsp3) is 0.308. The highest BCUT2D eigenvalue weighted by atomic mass is 16.5. The van der Waals surface area contributed by atoms with Crippen LogP contribution >= 0.6 is 0 Å². The van der Waals surface area contributed by atoms with E-state index in [0.29, 0.717) is 23.5 Å². The lowest BCUT2D eigenvalue weighted by Crippen LogP contribution is -1.94. The molecule has 1 rings (SSSR count). The Balaban J connectivity index is 3.08. The minimum atomic E-state index is 0.126. The molecule has 0 spiro atoms. The van der Waals surface area contributed by atoms with Crippen molar-refractivity contribution in [2.75, 3.05) is 14.2 Å². The Morgan fingerprint density at radius 1 is 1.29 bits per heavy atom. The van der Waals surface area contributed by atoms with Gasteiger partial charge in [-0.15, -0.1) is 0 Å². The quantitative estimate of drug-likeness (QED) is 0.628. The highest BCUT2D eigenvalue weighted by molar-refractivity contribution is 5.66. The summed E-state index contributed by atoms with van der Waals surface area (Å²) in [6, 6.07) is 3.21. The fourth-order valence-electron chi connectivity index (χ4n) is 1.53. The number of aromatic hydroxyl groups is 1. The first-order valence-corrected chi connectivity index (χ1v) is 5.17. The summed E-state index contributed by atoms with van der Waals surface area (Å²) in [7, 11) is 3.04. The summed E-state index contributed by atoms with van der Waals surface area (Å²) in [5.74, 6) is 1.16. The van der Waals surface area contributed by atoms with Gasteiger partial charge < -0.3 is 14.6 Å². The lowest BCUT2D eigenvalue weighted by molar-refractivity contribution is -0.104. The van der Waals surface area contributed by atoms with Crippen molar-refractivity contribution in [3.05, 3.63) is 29.3 Å². The van der Waals surface area contributed by atoms with Crippen LogP contribution in [0.15, 0.2) is 23.8 Å². The van der Waals surface area contributed by atoms with Crippen LogP contribution in [0.2, 0.25) is 0 Å². The van der Waals surface area contributed by atoms with E-state index in [0.717, 1.165) is 11.9 Å². The molecule has 0 aliphatic rings. The number of ether oxygens (including phenoxy) is 2. The topological polar surface area (TPSA) is 55.8 Å². The molecule has 0 fully saturated rings. The molecule has 0 atom stereocenters. The Kier molecular flexibility index (Phi) is 4.57. The lowest BCUT2D eigenvalue weighted by Gasteiger charge is -2.11. The van der Waals surface area contributed by atoms with Crippen molar-refractivity contribution in [2.45, 2.75) is 13.3 Å². The van der Waals surface area contributed by atoms with Crippen LogP contribution in [0.5, 0.6) is 17.2 Å². The van der Waals surface area contributed by atoms with E-state index in [2.05, 4.69) is 0 Å². The predicted octanol–water partition coefficient (Wildman–Crippen LogP) is 2.10. The Bertz CT molecular complexity index is 435. The van der Waals surface area contributed by atoms with Crippen LogP contribution in [0, 0.1) is 0 Å². The molecule has 0 aromatic heterocycles. The zero-order chi connectivity index (χ0) is 12.8. The molecule has 0 amide bonds. The van der Waals surface area contributed by atoms with Crippen LogP contribution in [0.1, 0.15) is 12.5 Å². The van der Waals surface area contributed by atoms with E-state index in [1.165, 1.54) is 26.4 Å². The van der Waals surface area contributed by atoms with E-state index < -0.39 is 0 Å². The molecule has 0 bridgehead atoms. The van der Waals surface area contributed by atoms with Crippen molar-refractivity contribution in [2.24, 2.45) is 0 Å². The van der Waals surface area contributed by atoms with E-state index in [9.17, 15) is 9.90 Å². The van der Waals surface area contributed by atoms with Crippen LogP contribution in [0.4, 0.5) is 0 Å². The number of carbonyl (C=O) groups excluding carboxylic acids is 1. The summed E-state index contributed by atoms with van der Waals surface area (Å²) in [4.78, 5) is 10.3. The number of methoxy groups -OCH3 is 2. The molecule has 0 aliphatic heterocycles. The molecule has 0 unspecified atom stereocenters. The van der Waals surface area contributed by atoms with Crippen LogP contribution in [0.3, 0.4) is 0 Å². The summed E-state index contributed by atoms with van der Waals surface area (Å²) in [5, 5.41) is 9.81. The third kappa shape index (κ3) is 3.24. The van der Waals surface area contributed by atoms with Crippen molar-refractivity contribution in [3.8, 4) is 17.2 Å². The Labute approximate surface area is 100 Å². The molecule has 4 heteroatoms. The minimum Gasteiger partial charge on any atom is -0.508 e. The minimum absolute atomic E-state index is 0.126. The van der Waals surface area contributed by atoms with E-state index in [-0.39, 0.29) is 5.75 Å². The zero-order valence-corrected chi connectivity index (χ0v) is 10.2. The van der Waals surface area contributed by atoms with Gasteiger partial charge in [0.2, 0.25) is 0 Å². The maximum atomic E-state index is 10.3. The summed E-state index contributed by atoms with van der Waals surface area (Å²) in [5.41, 5.74) is 1.56. The number of phenols is 1. The smallest absolute Gasteiger partial charge is 0.164 e. The molecular weight excluding hydrogens is 220 g/mol. The second-order valence-corrected chi connectivity index (χ2v) is 3.66. The molecule has 0 radical (unpaired) electrons. The maximum absolute atomic E-state index is 10.3. The first-order valence-electron chi connectivity index (χ1n) is 5.17. The summed E-state index contributed by atoms with van der Waals surface area (Å²) < 4.78 is 10.2. The van der Waals surface area contributed by atoms with E-state index in [1.54, 1.807) is 6.07 Å². The van der Waals surface area contributed by atoms with Gasteiger partial charge in [0.1, 0.15) is 12.0 Å². The SMILES string of the molecule is COc1cc(O)c(CC(C)=CC=O)cc1OC. The number of hydrogen-bond acceptors (Lipinski definition) is 4. The molecule has 1 aromatic carbocycles. The highest BCUT2D eigenvalue weighted by Gasteiger charge is 2.10. The number of rotatable bonds is 5. The van der Waals surface area contributed by atoms with Crippen LogP contribution in [0.25, 0.3) is 0 Å². The Hall–Kier alpha value is -1.97. The number of carbonyl (C=O) groups is 1. The molecule has 0 saturated heterocycles. The van der Waals surface area contributed by atoms with Gasteiger partial charge in [0.25, 0.3) is 0 Å².